The predicted molar refractivity (Wildman–Crippen MR) is 121 cm³/mol. The summed E-state index contributed by atoms with van der Waals surface area (Å²) in [5.74, 6) is 1.10. The van der Waals surface area contributed by atoms with Gasteiger partial charge in [0.25, 0.3) is 0 Å². The van der Waals surface area contributed by atoms with Crippen molar-refractivity contribution in [1.82, 2.24) is 19.7 Å². The Morgan fingerprint density at radius 3 is 2.30 bits per heavy atom. The lowest BCUT2D eigenvalue weighted by Gasteiger charge is -2.19. The first-order chi connectivity index (χ1) is 14.3. The number of ether oxygens (including phenoxy) is 1. The largest absolute Gasteiger partial charge is 0.489 e. The molecule has 154 valence electrons. The molecule has 0 aliphatic carbocycles. The Hall–Kier alpha value is -2.83. The van der Waals surface area contributed by atoms with Gasteiger partial charge in [0.15, 0.2) is 5.65 Å². The molecule has 0 amide bonds. The van der Waals surface area contributed by atoms with E-state index in [0.717, 1.165) is 22.2 Å². The fourth-order valence-corrected chi connectivity index (χ4v) is 3.69. The quantitative estimate of drug-likeness (QED) is 0.438. The van der Waals surface area contributed by atoms with Crippen molar-refractivity contribution >= 4 is 40.1 Å². The van der Waals surface area contributed by atoms with Crippen LogP contribution in [0.5, 0.6) is 5.75 Å². The fourth-order valence-electron chi connectivity index (χ4n) is 3.18. The van der Waals surface area contributed by atoms with Crippen molar-refractivity contribution in [2.24, 2.45) is 0 Å². The molecule has 2 heterocycles. The number of aromatic nitrogens is 4. The molecule has 4 aromatic rings. The second-order valence-electron chi connectivity index (χ2n) is 7.90. The Morgan fingerprint density at radius 2 is 1.67 bits per heavy atom. The molecule has 0 bridgehead atoms. The summed E-state index contributed by atoms with van der Waals surface area (Å²) in [6.07, 6.45) is 1.46. The Morgan fingerprint density at radius 1 is 1.00 bits per heavy atom. The third-order valence-electron chi connectivity index (χ3n) is 4.70. The van der Waals surface area contributed by atoms with Crippen molar-refractivity contribution in [2.45, 2.75) is 32.9 Å². The summed E-state index contributed by atoms with van der Waals surface area (Å²) >= 11 is 12.4. The highest BCUT2D eigenvalue weighted by molar-refractivity contribution is 6.35. The molecule has 0 saturated carbocycles. The first kappa shape index (κ1) is 20.4. The zero-order valence-corrected chi connectivity index (χ0v) is 18.4. The van der Waals surface area contributed by atoms with Crippen LogP contribution in [-0.2, 0) is 12.1 Å². The highest BCUT2D eigenvalue weighted by atomic mass is 35.5. The lowest BCUT2D eigenvalue weighted by atomic mass is 10.1. The third kappa shape index (κ3) is 3.80. The number of nitrogens with zero attached hydrogens (tertiary/aromatic N) is 4. The number of nitrogen functional groups attached to an aromatic ring is 1. The van der Waals surface area contributed by atoms with Gasteiger partial charge in [-0.2, -0.15) is 5.10 Å². The molecule has 2 N–H and O–H groups in total. The minimum atomic E-state index is -0.255. The van der Waals surface area contributed by atoms with Crippen LogP contribution in [-0.4, -0.2) is 19.7 Å². The van der Waals surface area contributed by atoms with Gasteiger partial charge in [0.2, 0.25) is 0 Å². The van der Waals surface area contributed by atoms with Gasteiger partial charge in [0.05, 0.1) is 10.9 Å². The van der Waals surface area contributed by atoms with Crippen molar-refractivity contribution in [1.29, 1.82) is 0 Å². The van der Waals surface area contributed by atoms with Crippen molar-refractivity contribution in [2.75, 3.05) is 5.73 Å². The van der Waals surface area contributed by atoms with E-state index in [4.69, 9.17) is 38.8 Å². The van der Waals surface area contributed by atoms with Gasteiger partial charge in [0.1, 0.15) is 30.2 Å². The van der Waals surface area contributed by atoms with Crippen LogP contribution < -0.4 is 10.5 Å². The van der Waals surface area contributed by atoms with Gasteiger partial charge in [-0.1, -0.05) is 29.3 Å². The fraction of sp³-hybridized carbons (Fsp3) is 0.227. The minimum Gasteiger partial charge on any atom is -0.489 e. The molecule has 6 nitrogen and oxygen atoms in total. The van der Waals surface area contributed by atoms with Crippen LogP contribution in [0.15, 0.2) is 48.8 Å². The maximum absolute atomic E-state index is 6.21. The van der Waals surface area contributed by atoms with E-state index in [9.17, 15) is 0 Å². The summed E-state index contributed by atoms with van der Waals surface area (Å²) < 4.78 is 7.75. The number of anilines is 1. The van der Waals surface area contributed by atoms with Gasteiger partial charge in [-0.25, -0.2) is 14.6 Å². The lowest BCUT2D eigenvalue weighted by molar-refractivity contribution is 0.306. The molecule has 2 aromatic carbocycles. The summed E-state index contributed by atoms with van der Waals surface area (Å²) in [5, 5.41) is 6.69. The van der Waals surface area contributed by atoms with E-state index in [1.165, 1.54) is 6.33 Å². The van der Waals surface area contributed by atoms with Crippen LogP contribution in [0.1, 0.15) is 26.3 Å². The highest BCUT2D eigenvalue weighted by Crippen LogP contribution is 2.34. The highest BCUT2D eigenvalue weighted by Gasteiger charge is 2.23. The summed E-state index contributed by atoms with van der Waals surface area (Å²) in [7, 11) is 0. The minimum absolute atomic E-state index is 0.255. The van der Waals surface area contributed by atoms with Crippen LogP contribution in [0.4, 0.5) is 5.82 Å². The van der Waals surface area contributed by atoms with E-state index in [1.54, 1.807) is 18.2 Å². The van der Waals surface area contributed by atoms with Gasteiger partial charge in [0, 0.05) is 21.2 Å². The summed E-state index contributed by atoms with van der Waals surface area (Å²) in [5.41, 5.74) is 9.00. The average molecular weight is 442 g/mol. The number of hydrogen-bond acceptors (Lipinski definition) is 5. The number of nitrogens with two attached hydrogens (primary N) is 1. The SMILES string of the molecule is CC(C)(C)n1nc(-c2ccc(OCc3c(Cl)cccc3Cl)cc2)c2c(N)ncnc21. The Kier molecular flexibility index (Phi) is 5.30. The van der Waals surface area contributed by atoms with E-state index in [-0.39, 0.29) is 12.1 Å². The number of fused-ring (bicyclic) bond motifs is 1. The first-order valence-electron chi connectivity index (χ1n) is 9.41. The number of hydrogen-bond donors (Lipinski definition) is 1. The topological polar surface area (TPSA) is 78.9 Å². The molecule has 0 fully saturated rings. The van der Waals surface area contributed by atoms with Gasteiger partial charge in [-0.05, 0) is 57.2 Å². The summed E-state index contributed by atoms with van der Waals surface area (Å²) in [6.45, 7) is 6.48. The Bertz CT molecular complexity index is 1190. The normalized spacial score (nSPS) is 11.8. The Balaban J connectivity index is 1.66. The van der Waals surface area contributed by atoms with E-state index < -0.39 is 0 Å². The second kappa shape index (κ2) is 7.78. The van der Waals surface area contributed by atoms with Crippen molar-refractivity contribution in [3.63, 3.8) is 0 Å². The van der Waals surface area contributed by atoms with Crippen LogP contribution in [0, 0.1) is 0 Å². The Labute approximate surface area is 184 Å². The maximum atomic E-state index is 6.21. The molecule has 0 aliphatic rings. The van der Waals surface area contributed by atoms with E-state index >= 15 is 0 Å². The molecular weight excluding hydrogens is 421 g/mol. The van der Waals surface area contributed by atoms with Crippen LogP contribution in [0.3, 0.4) is 0 Å². The lowest BCUT2D eigenvalue weighted by Crippen LogP contribution is -2.23. The first-order valence-corrected chi connectivity index (χ1v) is 10.2. The van der Waals surface area contributed by atoms with Gasteiger partial charge >= 0.3 is 0 Å². The zero-order chi connectivity index (χ0) is 21.5. The number of benzene rings is 2. The molecule has 8 heteroatoms. The van der Waals surface area contributed by atoms with Crippen molar-refractivity contribution in [3.8, 4) is 17.0 Å². The number of halogens is 2. The summed E-state index contributed by atoms with van der Waals surface area (Å²) in [4.78, 5) is 8.56. The monoisotopic (exact) mass is 441 g/mol. The average Bonchev–Trinajstić information content (AvgIpc) is 3.10. The molecule has 0 spiro atoms. The molecule has 0 atom stereocenters. The third-order valence-corrected chi connectivity index (χ3v) is 5.41. The smallest absolute Gasteiger partial charge is 0.164 e. The van der Waals surface area contributed by atoms with Crippen LogP contribution in [0.25, 0.3) is 22.3 Å². The van der Waals surface area contributed by atoms with E-state index in [0.29, 0.717) is 27.3 Å². The predicted octanol–water partition coefficient (Wildman–Crippen LogP) is 5.72. The molecular formula is C22H21Cl2N5O. The van der Waals surface area contributed by atoms with Crippen LogP contribution in [0.2, 0.25) is 10.0 Å². The second-order valence-corrected chi connectivity index (χ2v) is 8.72. The van der Waals surface area contributed by atoms with Gasteiger partial charge in [-0.3, -0.25) is 0 Å². The number of rotatable bonds is 4. The molecule has 30 heavy (non-hydrogen) atoms. The standard InChI is InChI=1S/C22H21Cl2N5O/c1-22(2,3)29-21-18(20(25)26-12-27-21)19(28-29)13-7-9-14(10-8-13)30-11-15-16(23)5-4-6-17(15)24/h4-10,12H,11H2,1-3H3,(H2,25,26,27). The molecule has 2 aromatic heterocycles. The molecule has 0 unspecified atom stereocenters. The molecule has 0 aliphatic heterocycles. The van der Waals surface area contributed by atoms with Crippen molar-refractivity contribution < 1.29 is 4.74 Å². The van der Waals surface area contributed by atoms with Gasteiger partial charge in [-0.15, -0.1) is 0 Å². The van der Waals surface area contributed by atoms with Gasteiger partial charge < -0.3 is 10.5 Å². The zero-order valence-electron chi connectivity index (χ0n) is 16.9. The molecule has 0 radical (unpaired) electrons. The molecule has 0 saturated heterocycles. The van der Waals surface area contributed by atoms with Crippen molar-refractivity contribution in [3.05, 3.63) is 64.4 Å². The van der Waals surface area contributed by atoms with Crippen LogP contribution >= 0.6 is 23.2 Å². The van der Waals surface area contributed by atoms with E-state index in [2.05, 4.69) is 30.7 Å². The maximum Gasteiger partial charge on any atom is 0.164 e. The molecule has 4 rings (SSSR count). The summed E-state index contributed by atoms with van der Waals surface area (Å²) in [6, 6.07) is 13.0. The van der Waals surface area contributed by atoms with E-state index in [1.807, 2.05) is 28.9 Å².